The van der Waals surface area contributed by atoms with Gasteiger partial charge in [0.2, 0.25) is 0 Å². The highest BCUT2D eigenvalue weighted by atomic mass is 16.3. The minimum atomic E-state index is -0.349. The van der Waals surface area contributed by atoms with Gasteiger partial charge < -0.3 is 5.11 Å². The maximum Gasteiger partial charge on any atom is 0.0807 e. The second-order valence-electron chi connectivity index (χ2n) is 16.8. The standard InChI is InChI=1S/C37H56O/c1-24(2)27-16-18-34(5)20-21-36(7)28(31(27)34)14-15-30-35(6)23-26(22-25-12-10-9-11-13-25)32(38)33(3,4)29(35)17-19-37(30,36)8/h9-13,22,24,27-32,38H,14-21,23H2,1-8H3/b26-22-/t27-,28?,29-,30?,31+,32?,34?,35?,36+,37?/m0/s1. The molecule has 0 saturated heterocycles. The molecule has 6 rings (SSSR count). The van der Waals surface area contributed by atoms with E-state index < -0.39 is 0 Å². The number of hydrogen-bond acceptors (Lipinski definition) is 1. The van der Waals surface area contributed by atoms with Crippen LogP contribution in [-0.4, -0.2) is 11.2 Å². The molecule has 5 aliphatic rings. The van der Waals surface area contributed by atoms with Crippen molar-refractivity contribution in [2.24, 2.45) is 62.6 Å². The minimum Gasteiger partial charge on any atom is -0.388 e. The maximum atomic E-state index is 11.8. The Morgan fingerprint density at radius 1 is 0.789 bits per heavy atom. The summed E-state index contributed by atoms with van der Waals surface area (Å²) < 4.78 is 0. The molecule has 1 aromatic carbocycles. The average molecular weight is 517 g/mol. The molecule has 5 saturated carbocycles. The molecule has 210 valence electrons. The molecule has 0 spiro atoms. The Hall–Kier alpha value is -1.08. The van der Waals surface area contributed by atoms with E-state index in [1.165, 1.54) is 62.5 Å². The zero-order valence-corrected chi connectivity index (χ0v) is 25.8. The van der Waals surface area contributed by atoms with Crippen molar-refractivity contribution in [1.29, 1.82) is 0 Å². The third-order valence-corrected chi connectivity index (χ3v) is 14.7. The number of benzene rings is 1. The Morgan fingerprint density at radius 3 is 2.18 bits per heavy atom. The molecule has 38 heavy (non-hydrogen) atoms. The van der Waals surface area contributed by atoms with Crippen LogP contribution in [0.3, 0.4) is 0 Å². The Labute approximate surface area is 234 Å². The summed E-state index contributed by atoms with van der Waals surface area (Å²) in [7, 11) is 0. The van der Waals surface area contributed by atoms with Gasteiger partial charge in [0.1, 0.15) is 0 Å². The van der Waals surface area contributed by atoms with Crippen molar-refractivity contribution < 1.29 is 5.11 Å². The molecule has 1 heteroatoms. The summed E-state index contributed by atoms with van der Waals surface area (Å²) in [6.07, 6.45) is 14.3. The molecule has 5 aliphatic carbocycles. The summed E-state index contributed by atoms with van der Waals surface area (Å²) in [5, 5.41) is 11.8. The lowest BCUT2D eigenvalue weighted by Gasteiger charge is -2.73. The van der Waals surface area contributed by atoms with Crippen molar-refractivity contribution in [2.45, 2.75) is 119 Å². The lowest BCUT2D eigenvalue weighted by atomic mass is 9.32. The minimum absolute atomic E-state index is 0.0912. The SMILES string of the molecule is CC(C)[C@@H]1CCC2(C)CC[C@]3(C)C(CCC4C5(C)C/C(=C/c6ccccc6)C(O)C(C)(C)[C@@H]5CCC43C)[C@@H]12. The molecular formula is C37H56O. The first-order valence-corrected chi connectivity index (χ1v) is 16.2. The number of aliphatic hydroxyl groups excluding tert-OH is 1. The zero-order valence-electron chi connectivity index (χ0n) is 25.8. The van der Waals surface area contributed by atoms with Gasteiger partial charge in [-0.15, -0.1) is 0 Å². The molecule has 0 aromatic heterocycles. The Balaban J connectivity index is 1.40. The van der Waals surface area contributed by atoms with E-state index in [-0.39, 0.29) is 16.9 Å². The van der Waals surface area contributed by atoms with Crippen LogP contribution in [0.2, 0.25) is 0 Å². The van der Waals surface area contributed by atoms with Crippen LogP contribution in [0.4, 0.5) is 0 Å². The van der Waals surface area contributed by atoms with Crippen LogP contribution in [-0.2, 0) is 0 Å². The fourth-order valence-electron chi connectivity index (χ4n) is 12.7. The molecule has 0 heterocycles. The summed E-state index contributed by atoms with van der Waals surface area (Å²) in [6.45, 7) is 20.7. The third-order valence-electron chi connectivity index (χ3n) is 14.7. The van der Waals surface area contributed by atoms with Crippen molar-refractivity contribution in [3.8, 4) is 0 Å². The number of fused-ring (bicyclic) bond motifs is 7. The lowest BCUT2D eigenvalue weighted by Crippen LogP contribution is -2.66. The number of aliphatic hydroxyl groups is 1. The van der Waals surface area contributed by atoms with E-state index in [0.29, 0.717) is 22.2 Å². The van der Waals surface area contributed by atoms with Crippen LogP contribution in [0, 0.1) is 62.6 Å². The second-order valence-corrected chi connectivity index (χ2v) is 16.8. The fourth-order valence-corrected chi connectivity index (χ4v) is 12.7. The fraction of sp³-hybridized carbons (Fsp3) is 0.784. The smallest absolute Gasteiger partial charge is 0.0807 e. The highest BCUT2D eigenvalue weighted by Crippen LogP contribution is 2.77. The summed E-state index contributed by atoms with van der Waals surface area (Å²) in [6, 6.07) is 10.7. The Morgan fingerprint density at radius 2 is 1.50 bits per heavy atom. The van der Waals surface area contributed by atoms with Crippen LogP contribution in [0.1, 0.15) is 119 Å². The van der Waals surface area contributed by atoms with E-state index in [1.54, 1.807) is 0 Å². The average Bonchev–Trinajstić information content (AvgIpc) is 3.21. The van der Waals surface area contributed by atoms with Gasteiger partial charge >= 0.3 is 0 Å². The van der Waals surface area contributed by atoms with Crippen molar-refractivity contribution in [1.82, 2.24) is 0 Å². The van der Waals surface area contributed by atoms with Crippen LogP contribution in [0.25, 0.3) is 6.08 Å². The van der Waals surface area contributed by atoms with Crippen LogP contribution in [0.15, 0.2) is 35.9 Å². The zero-order chi connectivity index (χ0) is 27.3. The predicted molar refractivity (Wildman–Crippen MR) is 160 cm³/mol. The van der Waals surface area contributed by atoms with Gasteiger partial charge in [-0.25, -0.2) is 0 Å². The normalized spacial score (nSPS) is 50.7. The highest BCUT2D eigenvalue weighted by molar-refractivity contribution is 5.55. The second kappa shape index (κ2) is 8.71. The van der Waals surface area contributed by atoms with Gasteiger partial charge in [-0.2, -0.15) is 0 Å². The highest BCUT2D eigenvalue weighted by Gasteiger charge is 2.70. The van der Waals surface area contributed by atoms with Gasteiger partial charge in [0, 0.05) is 0 Å². The molecule has 1 nitrogen and oxygen atoms in total. The lowest BCUT2D eigenvalue weighted by molar-refractivity contribution is -0.240. The van der Waals surface area contributed by atoms with E-state index in [2.05, 4.69) is 91.8 Å². The van der Waals surface area contributed by atoms with Crippen molar-refractivity contribution >= 4 is 6.08 Å². The molecular weight excluding hydrogens is 460 g/mol. The summed E-state index contributed by atoms with van der Waals surface area (Å²) in [4.78, 5) is 0. The first-order valence-electron chi connectivity index (χ1n) is 16.2. The molecule has 1 aromatic rings. The van der Waals surface area contributed by atoms with Gasteiger partial charge in [0.25, 0.3) is 0 Å². The molecule has 0 bridgehead atoms. The maximum absolute atomic E-state index is 11.8. The number of rotatable bonds is 2. The van der Waals surface area contributed by atoms with Crippen LogP contribution >= 0.6 is 0 Å². The van der Waals surface area contributed by atoms with Gasteiger partial charge in [0.15, 0.2) is 0 Å². The van der Waals surface area contributed by atoms with E-state index >= 15 is 0 Å². The molecule has 6 unspecified atom stereocenters. The molecule has 0 aliphatic heterocycles. The predicted octanol–water partition coefficient (Wildman–Crippen LogP) is 9.80. The van der Waals surface area contributed by atoms with Crippen LogP contribution in [0.5, 0.6) is 0 Å². The first-order chi connectivity index (χ1) is 17.8. The van der Waals surface area contributed by atoms with E-state index in [9.17, 15) is 5.11 Å². The number of hydrogen-bond donors (Lipinski definition) is 1. The van der Waals surface area contributed by atoms with E-state index in [0.717, 1.165) is 36.0 Å². The Kier molecular flexibility index (Phi) is 6.21. The summed E-state index contributed by atoms with van der Waals surface area (Å²) >= 11 is 0. The molecule has 5 fully saturated rings. The first kappa shape index (κ1) is 27.1. The van der Waals surface area contributed by atoms with Gasteiger partial charge in [0.05, 0.1) is 6.10 Å². The van der Waals surface area contributed by atoms with Gasteiger partial charge in [-0.3, -0.25) is 0 Å². The molecule has 1 N–H and O–H groups in total. The monoisotopic (exact) mass is 516 g/mol. The van der Waals surface area contributed by atoms with E-state index in [4.69, 9.17) is 0 Å². The topological polar surface area (TPSA) is 20.2 Å². The summed E-state index contributed by atoms with van der Waals surface area (Å²) in [5.74, 6) is 4.86. The largest absolute Gasteiger partial charge is 0.388 e. The summed E-state index contributed by atoms with van der Waals surface area (Å²) in [5.41, 5.74) is 4.08. The van der Waals surface area contributed by atoms with Gasteiger partial charge in [-0.1, -0.05) is 91.8 Å². The van der Waals surface area contributed by atoms with Crippen molar-refractivity contribution in [2.75, 3.05) is 0 Å². The molecule has 0 amide bonds. The Bertz CT molecular complexity index is 1080. The molecule has 10 atom stereocenters. The third kappa shape index (κ3) is 3.51. The van der Waals surface area contributed by atoms with E-state index in [1.807, 2.05) is 0 Å². The van der Waals surface area contributed by atoms with Crippen LogP contribution < -0.4 is 0 Å². The van der Waals surface area contributed by atoms with Crippen molar-refractivity contribution in [3.63, 3.8) is 0 Å². The molecule has 0 radical (unpaired) electrons. The van der Waals surface area contributed by atoms with Crippen molar-refractivity contribution in [3.05, 3.63) is 41.5 Å². The quantitative estimate of drug-likeness (QED) is 0.415. The van der Waals surface area contributed by atoms with Gasteiger partial charge in [-0.05, 0) is 132 Å².